The van der Waals surface area contributed by atoms with Gasteiger partial charge in [0.15, 0.2) is 16.6 Å². The zero-order valence-corrected chi connectivity index (χ0v) is 19.6. The summed E-state index contributed by atoms with van der Waals surface area (Å²) in [6.07, 6.45) is 3.42. The molecule has 34 heavy (non-hydrogen) atoms. The molecule has 0 aliphatic heterocycles. The van der Waals surface area contributed by atoms with Crippen LogP contribution in [0.2, 0.25) is 0 Å². The molecule has 0 aliphatic rings. The first-order valence-corrected chi connectivity index (χ1v) is 11.9. The Kier molecular flexibility index (Phi) is 6.09. The zero-order valence-electron chi connectivity index (χ0n) is 18.8. The second kappa shape index (κ2) is 9.48. The maximum atomic E-state index is 12.7. The standard InChI is InChI=1S/C25H23N7OS/c1-17(2)32-23-19(14-27-32)13-20(15-26-23)28-22(33)16-34-25-30-29-24(18-9-5-3-6-10-18)31(25)21-11-7-4-8-12-21/h3-15,17H,16H2,1-2H3,(H,28,33). The van der Waals surface area contributed by atoms with Crippen molar-refractivity contribution in [2.45, 2.75) is 25.0 Å². The van der Waals surface area contributed by atoms with E-state index >= 15 is 0 Å². The molecule has 9 heteroatoms. The molecule has 1 N–H and O–H groups in total. The minimum Gasteiger partial charge on any atom is -0.324 e. The third-order valence-electron chi connectivity index (χ3n) is 5.22. The van der Waals surface area contributed by atoms with E-state index < -0.39 is 0 Å². The second-order valence-electron chi connectivity index (χ2n) is 8.00. The van der Waals surface area contributed by atoms with Crippen LogP contribution in [0.15, 0.2) is 84.3 Å². The molecule has 0 fully saturated rings. The molecule has 0 unspecified atom stereocenters. The number of hydrogen-bond acceptors (Lipinski definition) is 6. The maximum absolute atomic E-state index is 12.7. The van der Waals surface area contributed by atoms with Gasteiger partial charge in [0, 0.05) is 22.7 Å². The molecular weight excluding hydrogens is 446 g/mol. The largest absolute Gasteiger partial charge is 0.324 e. The average molecular weight is 470 g/mol. The Morgan fingerprint density at radius 2 is 1.74 bits per heavy atom. The molecule has 3 heterocycles. The topological polar surface area (TPSA) is 90.5 Å². The van der Waals surface area contributed by atoms with E-state index in [1.54, 1.807) is 12.4 Å². The van der Waals surface area contributed by atoms with Crippen molar-refractivity contribution in [3.8, 4) is 17.1 Å². The zero-order chi connectivity index (χ0) is 23.5. The van der Waals surface area contributed by atoms with Crippen molar-refractivity contribution in [3.05, 3.63) is 79.1 Å². The lowest BCUT2D eigenvalue weighted by Crippen LogP contribution is -2.15. The number of carbonyl (C=O) groups excluding carboxylic acids is 1. The summed E-state index contributed by atoms with van der Waals surface area (Å²) in [5.74, 6) is 0.765. The number of benzene rings is 2. The molecule has 0 bridgehead atoms. The maximum Gasteiger partial charge on any atom is 0.234 e. The normalized spacial score (nSPS) is 11.3. The van der Waals surface area contributed by atoms with Gasteiger partial charge in [-0.15, -0.1) is 10.2 Å². The van der Waals surface area contributed by atoms with Gasteiger partial charge in [-0.05, 0) is 32.0 Å². The summed E-state index contributed by atoms with van der Waals surface area (Å²) < 4.78 is 3.83. The number of carbonyl (C=O) groups is 1. The molecule has 5 rings (SSSR count). The van der Waals surface area contributed by atoms with E-state index in [-0.39, 0.29) is 17.7 Å². The number of para-hydroxylation sites is 1. The predicted octanol–water partition coefficient (Wildman–Crippen LogP) is 4.99. The van der Waals surface area contributed by atoms with Crippen molar-refractivity contribution in [1.29, 1.82) is 0 Å². The van der Waals surface area contributed by atoms with Gasteiger partial charge in [-0.2, -0.15) is 5.10 Å². The Hall–Kier alpha value is -3.98. The van der Waals surface area contributed by atoms with Crippen LogP contribution in [-0.4, -0.2) is 41.2 Å². The molecule has 0 spiro atoms. The van der Waals surface area contributed by atoms with Crippen LogP contribution >= 0.6 is 11.8 Å². The summed E-state index contributed by atoms with van der Waals surface area (Å²) in [5, 5.41) is 17.6. The van der Waals surface area contributed by atoms with Gasteiger partial charge in [-0.25, -0.2) is 9.67 Å². The van der Waals surface area contributed by atoms with Gasteiger partial charge < -0.3 is 5.32 Å². The number of fused-ring (bicyclic) bond motifs is 1. The van der Waals surface area contributed by atoms with Crippen LogP contribution in [-0.2, 0) is 4.79 Å². The second-order valence-corrected chi connectivity index (χ2v) is 8.94. The summed E-state index contributed by atoms with van der Waals surface area (Å²) in [4.78, 5) is 17.2. The molecule has 0 atom stereocenters. The van der Waals surface area contributed by atoms with Crippen molar-refractivity contribution >= 4 is 34.4 Å². The van der Waals surface area contributed by atoms with Crippen LogP contribution in [0, 0.1) is 0 Å². The lowest BCUT2D eigenvalue weighted by Gasteiger charge is -2.10. The lowest BCUT2D eigenvalue weighted by atomic mass is 10.2. The van der Waals surface area contributed by atoms with Crippen LogP contribution in [0.3, 0.4) is 0 Å². The van der Waals surface area contributed by atoms with Crippen molar-refractivity contribution in [2.24, 2.45) is 0 Å². The molecule has 5 aromatic rings. The molecule has 0 radical (unpaired) electrons. The van der Waals surface area contributed by atoms with Gasteiger partial charge in [0.05, 0.1) is 23.8 Å². The Morgan fingerprint density at radius 1 is 1.00 bits per heavy atom. The molecule has 0 aliphatic carbocycles. The molecule has 0 saturated heterocycles. The van der Waals surface area contributed by atoms with Gasteiger partial charge in [0.2, 0.25) is 5.91 Å². The molecular formula is C25H23N7OS. The fourth-order valence-corrected chi connectivity index (χ4v) is 4.41. The Labute approximate surface area is 201 Å². The molecule has 2 aromatic carbocycles. The number of aromatic nitrogens is 6. The highest BCUT2D eigenvalue weighted by Gasteiger charge is 2.17. The monoisotopic (exact) mass is 469 g/mol. The molecule has 1 amide bonds. The molecule has 3 aromatic heterocycles. The summed E-state index contributed by atoms with van der Waals surface area (Å²) in [6, 6.07) is 21.9. The van der Waals surface area contributed by atoms with E-state index in [1.807, 2.05) is 76.0 Å². The van der Waals surface area contributed by atoms with Crippen molar-refractivity contribution < 1.29 is 4.79 Å². The number of hydrogen-bond donors (Lipinski definition) is 1. The summed E-state index contributed by atoms with van der Waals surface area (Å²) in [6.45, 7) is 4.11. The first-order chi connectivity index (χ1) is 16.6. The number of nitrogens with zero attached hydrogens (tertiary/aromatic N) is 6. The number of thioether (sulfide) groups is 1. The Morgan fingerprint density at radius 3 is 2.47 bits per heavy atom. The third-order valence-corrected chi connectivity index (χ3v) is 6.15. The molecule has 170 valence electrons. The van der Waals surface area contributed by atoms with Crippen molar-refractivity contribution in [3.63, 3.8) is 0 Å². The summed E-state index contributed by atoms with van der Waals surface area (Å²) >= 11 is 1.34. The van der Waals surface area contributed by atoms with E-state index in [0.717, 1.165) is 28.1 Å². The van der Waals surface area contributed by atoms with E-state index in [4.69, 9.17) is 0 Å². The highest BCUT2D eigenvalue weighted by Crippen LogP contribution is 2.28. The van der Waals surface area contributed by atoms with Crippen molar-refractivity contribution in [1.82, 2.24) is 29.5 Å². The molecule has 0 saturated carbocycles. The van der Waals surface area contributed by atoms with Gasteiger partial charge in [0.1, 0.15) is 0 Å². The smallest absolute Gasteiger partial charge is 0.234 e. The van der Waals surface area contributed by atoms with Crippen LogP contribution < -0.4 is 5.32 Å². The first kappa shape index (κ1) is 21.8. The third kappa shape index (κ3) is 4.42. The fourth-order valence-electron chi connectivity index (χ4n) is 3.66. The minimum atomic E-state index is -0.147. The minimum absolute atomic E-state index is 0.147. The number of rotatable bonds is 7. The summed E-state index contributed by atoms with van der Waals surface area (Å²) in [5.41, 5.74) is 3.32. The van der Waals surface area contributed by atoms with E-state index in [1.165, 1.54) is 11.8 Å². The predicted molar refractivity (Wildman–Crippen MR) is 134 cm³/mol. The van der Waals surface area contributed by atoms with E-state index in [0.29, 0.717) is 10.8 Å². The van der Waals surface area contributed by atoms with Gasteiger partial charge >= 0.3 is 0 Å². The van der Waals surface area contributed by atoms with Crippen molar-refractivity contribution in [2.75, 3.05) is 11.1 Å². The first-order valence-electron chi connectivity index (χ1n) is 10.9. The quantitative estimate of drug-likeness (QED) is 0.338. The summed E-state index contributed by atoms with van der Waals surface area (Å²) in [7, 11) is 0. The van der Waals surface area contributed by atoms with Crippen LogP contribution in [0.5, 0.6) is 0 Å². The van der Waals surface area contributed by atoms with E-state index in [2.05, 4.69) is 39.4 Å². The van der Waals surface area contributed by atoms with E-state index in [9.17, 15) is 4.79 Å². The van der Waals surface area contributed by atoms with Crippen LogP contribution in [0.25, 0.3) is 28.1 Å². The van der Waals surface area contributed by atoms with Gasteiger partial charge in [-0.1, -0.05) is 60.3 Å². The number of nitrogens with one attached hydrogen (secondary N) is 1. The van der Waals surface area contributed by atoms with Crippen LogP contribution in [0.1, 0.15) is 19.9 Å². The average Bonchev–Trinajstić information content (AvgIpc) is 3.48. The lowest BCUT2D eigenvalue weighted by molar-refractivity contribution is -0.113. The SMILES string of the molecule is CC(C)n1ncc2cc(NC(=O)CSc3nnc(-c4ccccc4)n3-c3ccccc3)cnc21. The fraction of sp³-hybridized carbons (Fsp3) is 0.160. The highest BCUT2D eigenvalue weighted by molar-refractivity contribution is 7.99. The van der Waals surface area contributed by atoms with Gasteiger partial charge in [0.25, 0.3) is 0 Å². The van der Waals surface area contributed by atoms with Crippen LogP contribution in [0.4, 0.5) is 5.69 Å². The molecule has 8 nitrogen and oxygen atoms in total. The Bertz CT molecular complexity index is 1430. The highest BCUT2D eigenvalue weighted by atomic mass is 32.2. The number of amides is 1. The Balaban J connectivity index is 1.34. The van der Waals surface area contributed by atoms with Gasteiger partial charge in [-0.3, -0.25) is 9.36 Å². The number of anilines is 1. The number of pyridine rings is 1.